The van der Waals surface area contributed by atoms with Gasteiger partial charge in [-0.3, -0.25) is 0 Å². The molecule has 0 aliphatic rings. The molecule has 0 atom stereocenters. The van der Waals surface area contributed by atoms with Crippen molar-refractivity contribution in [2.45, 2.75) is 27.7 Å². The molecule has 11 heavy (non-hydrogen) atoms. The average molecular weight is 148 g/mol. The predicted octanol–water partition coefficient (Wildman–Crippen LogP) is 2.44. The third-order valence-electron chi connectivity index (χ3n) is 1.20. The number of allylic oxidation sites excluding steroid dienone is 6. The summed E-state index contributed by atoms with van der Waals surface area (Å²) in [7, 11) is 2.12. The molecule has 0 aromatic heterocycles. The third kappa shape index (κ3) is 7.18. The molecule has 0 aromatic rings. The molecular weight excluding hydrogens is 131 g/mol. The van der Waals surface area contributed by atoms with E-state index in [-0.39, 0.29) is 0 Å². The first-order valence-electron chi connectivity index (χ1n) is 3.99. The molecule has 60 valence electrons. The zero-order valence-electron chi connectivity index (χ0n) is 8.23. The van der Waals surface area contributed by atoms with Crippen LogP contribution in [0.2, 0.25) is 0 Å². The molecule has 0 saturated heterocycles. The fraction of sp³-hybridized carbons (Fsp3) is 0.400. The van der Waals surface area contributed by atoms with E-state index in [0.717, 1.165) is 0 Å². The first-order valence-corrected chi connectivity index (χ1v) is 3.99. The minimum Gasteiger partial charge on any atom is -0.0890 e. The second-order valence-electron chi connectivity index (χ2n) is 3.38. The lowest BCUT2D eigenvalue weighted by Crippen LogP contribution is -1.75. The van der Waals surface area contributed by atoms with Gasteiger partial charge < -0.3 is 0 Å². The summed E-state index contributed by atoms with van der Waals surface area (Å²) in [4.78, 5) is 0. The van der Waals surface area contributed by atoms with Gasteiger partial charge in [-0.25, -0.2) is 0 Å². The highest BCUT2D eigenvalue weighted by atomic mass is 13.8. The van der Waals surface area contributed by atoms with Gasteiger partial charge in [0.15, 0.2) is 0 Å². The molecule has 0 aliphatic carbocycles. The fourth-order valence-corrected chi connectivity index (χ4v) is 0.802. The van der Waals surface area contributed by atoms with E-state index in [1.54, 1.807) is 0 Å². The molecule has 0 aliphatic heterocycles. The van der Waals surface area contributed by atoms with Gasteiger partial charge in [0.2, 0.25) is 0 Å². The topological polar surface area (TPSA) is 0 Å². The van der Waals surface area contributed by atoms with Gasteiger partial charge in [-0.1, -0.05) is 34.8 Å². The molecule has 0 rings (SSSR count). The van der Waals surface area contributed by atoms with E-state index in [1.807, 2.05) is 0 Å². The lowest BCUT2D eigenvalue weighted by atomic mass is 9.93. The van der Waals surface area contributed by atoms with Gasteiger partial charge >= 0.3 is 0 Å². The maximum Gasteiger partial charge on any atom is 0.139 e. The standard InChI is InChI=1S/C10H17B/c1-8(2)5-6-10(11)7-9(3)4/h5-7H,11H2,1-4H3/b10-6+. The zero-order valence-corrected chi connectivity index (χ0v) is 8.23. The SMILES string of the molecule is B/C(C=C(C)C)=C/C=C(C)C. The van der Waals surface area contributed by atoms with Gasteiger partial charge in [-0.2, -0.15) is 0 Å². The van der Waals surface area contributed by atoms with Crippen LogP contribution in [-0.4, -0.2) is 7.85 Å². The molecule has 0 nitrogen and oxygen atoms in total. The molecule has 0 spiro atoms. The maximum absolute atomic E-state index is 2.18. The van der Waals surface area contributed by atoms with Gasteiger partial charge in [0.1, 0.15) is 7.85 Å². The van der Waals surface area contributed by atoms with Crippen LogP contribution in [0, 0.1) is 0 Å². The van der Waals surface area contributed by atoms with E-state index in [2.05, 4.69) is 53.8 Å². The smallest absolute Gasteiger partial charge is 0.0890 e. The molecule has 0 fully saturated rings. The van der Waals surface area contributed by atoms with Crippen LogP contribution in [0.5, 0.6) is 0 Å². The van der Waals surface area contributed by atoms with Gasteiger partial charge in [0, 0.05) is 0 Å². The number of hydrogen-bond donors (Lipinski definition) is 0. The average Bonchev–Trinajstić information content (AvgIpc) is 1.82. The molecule has 0 N–H and O–H groups in total. The van der Waals surface area contributed by atoms with Gasteiger partial charge in [-0.15, -0.1) is 0 Å². The molecule has 0 aromatic carbocycles. The van der Waals surface area contributed by atoms with Crippen molar-refractivity contribution in [3.05, 3.63) is 34.8 Å². The van der Waals surface area contributed by atoms with E-state index < -0.39 is 0 Å². The predicted molar refractivity (Wildman–Crippen MR) is 55.5 cm³/mol. The van der Waals surface area contributed by atoms with E-state index in [4.69, 9.17) is 0 Å². The Labute approximate surface area is 71.1 Å². The van der Waals surface area contributed by atoms with Crippen LogP contribution in [0.4, 0.5) is 0 Å². The lowest BCUT2D eigenvalue weighted by Gasteiger charge is -1.91. The molecule has 0 bridgehead atoms. The highest BCUT2D eigenvalue weighted by Crippen LogP contribution is 1.99. The van der Waals surface area contributed by atoms with Crippen LogP contribution in [0.15, 0.2) is 34.8 Å². The van der Waals surface area contributed by atoms with Crippen LogP contribution in [-0.2, 0) is 0 Å². The van der Waals surface area contributed by atoms with Crippen LogP contribution >= 0.6 is 0 Å². The Hall–Kier alpha value is -0.715. The summed E-state index contributed by atoms with van der Waals surface area (Å²) < 4.78 is 0. The fourth-order valence-electron chi connectivity index (χ4n) is 0.802. The Morgan fingerprint density at radius 3 is 1.82 bits per heavy atom. The lowest BCUT2D eigenvalue weighted by molar-refractivity contribution is 1.38. The Morgan fingerprint density at radius 2 is 1.45 bits per heavy atom. The summed E-state index contributed by atoms with van der Waals surface area (Å²) in [6.45, 7) is 8.43. The summed E-state index contributed by atoms with van der Waals surface area (Å²) in [6, 6.07) is 0. The first kappa shape index (κ1) is 10.3. The summed E-state index contributed by atoms with van der Waals surface area (Å²) in [5.74, 6) is 0. The minimum absolute atomic E-state index is 1.31. The molecular formula is C10H17B. The van der Waals surface area contributed by atoms with E-state index in [9.17, 15) is 0 Å². The van der Waals surface area contributed by atoms with Crippen LogP contribution in [0.25, 0.3) is 0 Å². The van der Waals surface area contributed by atoms with E-state index >= 15 is 0 Å². The summed E-state index contributed by atoms with van der Waals surface area (Å²) >= 11 is 0. The Balaban J connectivity index is 4.25. The molecule has 0 saturated carbocycles. The van der Waals surface area contributed by atoms with Crippen molar-refractivity contribution in [1.82, 2.24) is 0 Å². The normalized spacial score (nSPS) is 10.7. The molecule has 1 heteroatoms. The number of hydrogen-bond acceptors (Lipinski definition) is 0. The quantitative estimate of drug-likeness (QED) is 0.416. The first-order chi connectivity index (χ1) is 5.02. The van der Waals surface area contributed by atoms with E-state index in [1.165, 1.54) is 16.6 Å². The van der Waals surface area contributed by atoms with Crippen molar-refractivity contribution in [3.63, 3.8) is 0 Å². The van der Waals surface area contributed by atoms with Crippen molar-refractivity contribution in [3.8, 4) is 0 Å². The molecule has 0 heterocycles. The van der Waals surface area contributed by atoms with Crippen molar-refractivity contribution < 1.29 is 0 Å². The van der Waals surface area contributed by atoms with Crippen molar-refractivity contribution in [1.29, 1.82) is 0 Å². The van der Waals surface area contributed by atoms with Crippen molar-refractivity contribution >= 4 is 7.85 Å². The van der Waals surface area contributed by atoms with Crippen molar-refractivity contribution in [2.24, 2.45) is 0 Å². The van der Waals surface area contributed by atoms with Crippen LogP contribution < -0.4 is 0 Å². The highest BCUT2D eigenvalue weighted by molar-refractivity contribution is 6.23. The summed E-state index contributed by atoms with van der Waals surface area (Å²) in [5.41, 5.74) is 4.00. The maximum atomic E-state index is 2.18. The highest BCUT2D eigenvalue weighted by Gasteiger charge is 1.80. The van der Waals surface area contributed by atoms with Gasteiger partial charge in [0.05, 0.1) is 0 Å². The van der Waals surface area contributed by atoms with Crippen molar-refractivity contribution in [2.75, 3.05) is 0 Å². The summed E-state index contributed by atoms with van der Waals surface area (Å²) in [6.07, 6.45) is 6.45. The second-order valence-corrected chi connectivity index (χ2v) is 3.38. The molecule has 0 unspecified atom stereocenters. The van der Waals surface area contributed by atoms with E-state index in [0.29, 0.717) is 0 Å². The minimum atomic E-state index is 1.31. The monoisotopic (exact) mass is 148 g/mol. The van der Waals surface area contributed by atoms with Gasteiger partial charge in [0.25, 0.3) is 0 Å². The van der Waals surface area contributed by atoms with Crippen LogP contribution in [0.3, 0.4) is 0 Å². The molecule has 0 radical (unpaired) electrons. The Kier molecular flexibility index (Phi) is 4.68. The van der Waals surface area contributed by atoms with Gasteiger partial charge in [-0.05, 0) is 27.7 Å². The second kappa shape index (κ2) is 5.00. The summed E-state index contributed by atoms with van der Waals surface area (Å²) in [5, 5.41) is 0. The molecule has 0 amide bonds. The Bertz CT molecular complexity index is 199. The van der Waals surface area contributed by atoms with Crippen LogP contribution in [0.1, 0.15) is 27.7 Å². The number of rotatable bonds is 2. The Morgan fingerprint density at radius 1 is 0.909 bits per heavy atom. The largest absolute Gasteiger partial charge is 0.139 e. The third-order valence-corrected chi connectivity index (χ3v) is 1.20. The zero-order chi connectivity index (χ0) is 8.85.